The molecule has 12 heavy (non-hydrogen) atoms. The van der Waals surface area contributed by atoms with E-state index in [0.717, 1.165) is 25.7 Å². The van der Waals surface area contributed by atoms with Gasteiger partial charge in [0.1, 0.15) is 0 Å². The first-order chi connectivity index (χ1) is 5.06. The molecule has 0 saturated heterocycles. The molecule has 0 heterocycles. The van der Waals surface area contributed by atoms with Gasteiger partial charge in [0.2, 0.25) is 0 Å². The van der Waals surface area contributed by atoms with Crippen LogP contribution in [0, 0.1) is 0 Å². The molecule has 70 valence electrons. The molecule has 0 amide bonds. The predicted octanol–water partition coefficient (Wildman–Crippen LogP) is 1.84. The van der Waals surface area contributed by atoms with Crippen LogP contribution in [0.15, 0.2) is 0 Å². The molecule has 0 bridgehead atoms. The van der Waals surface area contributed by atoms with E-state index in [-0.39, 0.29) is 33.4 Å². The number of hydrogen-bond acceptors (Lipinski definition) is 2. The summed E-state index contributed by atoms with van der Waals surface area (Å²) in [6.45, 7) is 2.10. The first-order valence-corrected chi connectivity index (χ1v) is 5.62. The van der Waals surface area contributed by atoms with Gasteiger partial charge in [-0.25, -0.2) is 0 Å². The Balaban J connectivity index is 0. The van der Waals surface area contributed by atoms with Crippen LogP contribution < -0.4 is 0 Å². The molecule has 0 rings (SSSR count). The van der Waals surface area contributed by atoms with Gasteiger partial charge in [-0.3, -0.25) is 4.55 Å². The van der Waals surface area contributed by atoms with E-state index in [2.05, 4.69) is 6.92 Å². The summed E-state index contributed by atoms with van der Waals surface area (Å²) >= 11 is 0. The minimum absolute atomic E-state index is 0. The Bertz CT molecular complexity index is 177. The molecule has 1 N–H and O–H groups in total. The fourth-order valence-corrected chi connectivity index (χ4v) is 1.46. The van der Waals surface area contributed by atoms with Crippen LogP contribution in [0.3, 0.4) is 0 Å². The maximum atomic E-state index is 10.2. The molecule has 0 aliphatic rings. The molecule has 0 unspecified atom stereocenters. The van der Waals surface area contributed by atoms with Gasteiger partial charge < -0.3 is 0 Å². The number of unbranched alkanes of at least 4 members (excludes halogenated alkanes) is 4. The molecule has 0 aromatic heterocycles. The van der Waals surface area contributed by atoms with Crippen molar-refractivity contribution in [3.8, 4) is 0 Å². The third-order valence-electron chi connectivity index (χ3n) is 1.51. The molecule has 0 saturated carbocycles. The second-order valence-electron chi connectivity index (χ2n) is 2.70. The van der Waals surface area contributed by atoms with Crippen molar-refractivity contribution in [1.82, 2.24) is 0 Å². The Morgan fingerprint density at radius 2 is 1.58 bits per heavy atom. The molecule has 0 spiro atoms. The minimum Gasteiger partial charge on any atom is -0.286 e. The van der Waals surface area contributed by atoms with E-state index in [1.165, 1.54) is 0 Å². The molecular weight excluding hydrogens is 365 g/mol. The summed E-state index contributed by atoms with van der Waals surface area (Å²) < 4.78 is 28.8. The fourth-order valence-electron chi connectivity index (χ4n) is 0.888. The SMILES string of the molecule is CCCCCCCS(=O)(=O)O.[Hg]. The van der Waals surface area contributed by atoms with Gasteiger partial charge in [-0.05, 0) is 6.42 Å². The van der Waals surface area contributed by atoms with E-state index >= 15 is 0 Å². The molecule has 0 fully saturated rings. The van der Waals surface area contributed by atoms with Crippen LogP contribution in [0.25, 0.3) is 0 Å². The van der Waals surface area contributed by atoms with Crippen LogP contribution in [0.4, 0.5) is 0 Å². The summed E-state index contributed by atoms with van der Waals surface area (Å²) in [4.78, 5) is 0. The third kappa shape index (κ3) is 13.4. The Hall–Kier alpha value is 0.845. The van der Waals surface area contributed by atoms with Crippen molar-refractivity contribution in [1.29, 1.82) is 0 Å². The van der Waals surface area contributed by atoms with Crippen molar-refractivity contribution >= 4 is 10.1 Å². The molecule has 5 heteroatoms. The topological polar surface area (TPSA) is 54.4 Å². The van der Waals surface area contributed by atoms with Crippen LogP contribution >= 0.6 is 0 Å². The summed E-state index contributed by atoms with van der Waals surface area (Å²) in [6.07, 6.45) is 4.83. The molecule has 3 nitrogen and oxygen atoms in total. The van der Waals surface area contributed by atoms with E-state index in [1.54, 1.807) is 0 Å². The summed E-state index contributed by atoms with van der Waals surface area (Å²) in [5.41, 5.74) is 0. The van der Waals surface area contributed by atoms with Crippen LogP contribution in [0.1, 0.15) is 39.0 Å². The Morgan fingerprint density at radius 1 is 1.08 bits per heavy atom. The Labute approximate surface area is 95.2 Å². The van der Waals surface area contributed by atoms with Gasteiger partial charge in [-0.1, -0.05) is 32.6 Å². The minimum atomic E-state index is -3.71. The van der Waals surface area contributed by atoms with Gasteiger partial charge in [0, 0.05) is 27.7 Å². The quantitative estimate of drug-likeness (QED) is 0.434. The van der Waals surface area contributed by atoms with E-state index in [1.807, 2.05) is 0 Å². The van der Waals surface area contributed by atoms with Gasteiger partial charge in [-0.15, -0.1) is 0 Å². The van der Waals surface area contributed by atoms with E-state index in [4.69, 9.17) is 4.55 Å². The Kier molecular flexibility index (Phi) is 10.8. The standard InChI is InChI=1S/C7H16O3S.Hg/c1-2-3-4-5-6-7-11(8,9)10;/h2-7H2,1H3,(H,8,9,10);. The zero-order valence-electron chi connectivity index (χ0n) is 7.62. The molecule has 0 aromatic rings. The van der Waals surface area contributed by atoms with E-state index < -0.39 is 10.1 Å². The van der Waals surface area contributed by atoms with Gasteiger partial charge in [-0.2, -0.15) is 8.42 Å². The van der Waals surface area contributed by atoms with Crippen LogP contribution in [-0.4, -0.2) is 18.7 Å². The fraction of sp³-hybridized carbons (Fsp3) is 1.00. The molecule has 0 aliphatic heterocycles. The van der Waals surface area contributed by atoms with Crippen molar-refractivity contribution in [2.24, 2.45) is 0 Å². The average Bonchev–Trinajstić information content (AvgIpc) is 1.85. The van der Waals surface area contributed by atoms with Gasteiger partial charge in [0.25, 0.3) is 10.1 Å². The van der Waals surface area contributed by atoms with Crippen molar-refractivity contribution in [3.05, 3.63) is 0 Å². The zero-order valence-corrected chi connectivity index (χ0v) is 13.9. The largest absolute Gasteiger partial charge is 0.286 e. The molecular formula is C7H16HgO3S. The first-order valence-electron chi connectivity index (χ1n) is 4.01. The second-order valence-corrected chi connectivity index (χ2v) is 4.27. The van der Waals surface area contributed by atoms with E-state index in [9.17, 15) is 8.42 Å². The maximum absolute atomic E-state index is 10.2. The summed E-state index contributed by atoms with van der Waals surface area (Å²) in [5, 5.41) is 0. The number of hydrogen-bond donors (Lipinski definition) is 1. The molecule has 0 aliphatic carbocycles. The zero-order chi connectivity index (χ0) is 8.74. The molecule has 0 atom stereocenters. The average molecular weight is 381 g/mol. The summed E-state index contributed by atoms with van der Waals surface area (Å²) in [7, 11) is -3.71. The maximum Gasteiger partial charge on any atom is 0.264 e. The van der Waals surface area contributed by atoms with Gasteiger partial charge in [0.15, 0.2) is 0 Å². The number of rotatable bonds is 6. The van der Waals surface area contributed by atoms with Crippen LogP contribution in [0.5, 0.6) is 0 Å². The third-order valence-corrected chi connectivity index (χ3v) is 2.31. The van der Waals surface area contributed by atoms with Gasteiger partial charge in [0.05, 0.1) is 5.75 Å². The van der Waals surface area contributed by atoms with E-state index in [0.29, 0.717) is 6.42 Å². The van der Waals surface area contributed by atoms with Crippen molar-refractivity contribution in [2.75, 3.05) is 5.75 Å². The summed E-state index contributed by atoms with van der Waals surface area (Å²) in [6, 6.07) is 0. The van der Waals surface area contributed by atoms with Crippen molar-refractivity contribution in [3.63, 3.8) is 0 Å². The van der Waals surface area contributed by atoms with Crippen molar-refractivity contribution < 1.29 is 40.6 Å². The predicted molar refractivity (Wildman–Crippen MR) is 45.2 cm³/mol. The first kappa shape index (κ1) is 15.3. The Morgan fingerprint density at radius 3 is 2.00 bits per heavy atom. The second kappa shape index (κ2) is 8.44. The summed E-state index contributed by atoms with van der Waals surface area (Å²) in [5.74, 6) is -0.0866. The molecule has 0 aromatic carbocycles. The smallest absolute Gasteiger partial charge is 0.264 e. The van der Waals surface area contributed by atoms with Gasteiger partial charge >= 0.3 is 0 Å². The molecule has 0 radical (unpaired) electrons. The van der Waals surface area contributed by atoms with Crippen LogP contribution in [-0.2, 0) is 37.8 Å². The normalized spacial score (nSPS) is 10.8. The van der Waals surface area contributed by atoms with Crippen LogP contribution in [0.2, 0.25) is 0 Å². The van der Waals surface area contributed by atoms with Crippen molar-refractivity contribution in [2.45, 2.75) is 39.0 Å². The monoisotopic (exact) mass is 382 g/mol.